The van der Waals surface area contributed by atoms with E-state index in [0.29, 0.717) is 16.1 Å². The van der Waals surface area contributed by atoms with E-state index in [1.165, 1.54) is 0 Å². The van der Waals surface area contributed by atoms with Gasteiger partial charge < -0.3 is 10.3 Å². The van der Waals surface area contributed by atoms with E-state index in [4.69, 9.17) is 5.73 Å². The first kappa shape index (κ1) is 13.3. The van der Waals surface area contributed by atoms with Gasteiger partial charge in [0.25, 0.3) is 5.56 Å². The average Bonchev–Trinajstić information content (AvgIpc) is 2.22. The first-order valence-electron chi connectivity index (χ1n) is 5.58. The average molecular weight is 287 g/mol. The summed E-state index contributed by atoms with van der Waals surface area (Å²) < 4.78 is 2.27. The van der Waals surface area contributed by atoms with Crippen molar-refractivity contribution in [1.82, 2.24) is 4.57 Å². The molecule has 0 aromatic carbocycles. The second kappa shape index (κ2) is 5.53. The number of halogens is 1. The molecule has 0 aliphatic carbocycles. The lowest BCUT2D eigenvalue weighted by Gasteiger charge is -2.11. The van der Waals surface area contributed by atoms with Crippen LogP contribution in [0.1, 0.15) is 32.3 Å². The fourth-order valence-electron chi connectivity index (χ4n) is 1.57. The SMILES string of the molecule is Cc1c(N)cn(CCCC(C)C)c(=O)c1Br. The largest absolute Gasteiger partial charge is 0.397 e. The number of nitrogens with two attached hydrogens (primary N) is 1. The van der Waals surface area contributed by atoms with Crippen molar-refractivity contribution >= 4 is 21.6 Å². The standard InChI is InChI=1S/C12H19BrN2O/c1-8(2)5-4-6-15-7-10(14)9(3)11(13)12(15)16/h7-8H,4-6,14H2,1-3H3. The second-order valence-electron chi connectivity index (χ2n) is 4.56. The number of anilines is 1. The molecule has 90 valence electrons. The Kier molecular flexibility index (Phi) is 4.59. The van der Waals surface area contributed by atoms with Gasteiger partial charge in [-0.25, -0.2) is 0 Å². The molecule has 0 saturated heterocycles. The maximum Gasteiger partial charge on any atom is 0.265 e. The van der Waals surface area contributed by atoms with Crippen LogP contribution in [0.4, 0.5) is 5.69 Å². The Morgan fingerprint density at radius 3 is 2.69 bits per heavy atom. The summed E-state index contributed by atoms with van der Waals surface area (Å²) >= 11 is 3.29. The van der Waals surface area contributed by atoms with Gasteiger partial charge in [0.1, 0.15) is 0 Å². The molecule has 0 radical (unpaired) electrons. The van der Waals surface area contributed by atoms with Gasteiger partial charge in [-0.05, 0) is 47.2 Å². The van der Waals surface area contributed by atoms with Crippen LogP contribution in [0.2, 0.25) is 0 Å². The second-order valence-corrected chi connectivity index (χ2v) is 5.35. The van der Waals surface area contributed by atoms with Crippen LogP contribution in [0.15, 0.2) is 15.5 Å². The zero-order chi connectivity index (χ0) is 12.3. The molecule has 0 aliphatic rings. The lowest BCUT2D eigenvalue weighted by Crippen LogP contribution is -2.22. The fourth-order valence-corrected chi connectivity index (χ4v) is 2.03. The highest BCUT2D eigenvalue weighted by Crippen LogP contribution is 2.17. The topological polar surface area (TPSA) is 48.0 Å². The minimum absolute atomic E-state index is 0.00968. The third-order valence-corrected chi connectivity index (χ3v) is 3.62. The summed E-state index contributed by atoms with van der Waals surface area (Å²) in [6, 6.07) is 0. The Morgan fingerprint density at radius 1 is 1.50 bits per heavy atom. The van der Waals surface area contributed by atoms with Crippen molar-refractivity contribution in [2.24, 2.45) is 5.92 Å². The Labute approximate surface area is 105 Å². The molecule has 1 aromatic rings. The molecule has 16 heavy (non-hydrogen) atoms. The molecule has 3 nitrogen and oxygen atoms in total. The number of rotatable bonds is 4. The summed E-state index contributed by atoms with van der Waals surface area (Å²) in [6.07, 6.45) is 3.87. The maximum absolute atomic E-state index is 11.9. The number of hydrogen-bond acceptors (Lipinski definition) is 2. The molecular weight excluding hydrogens is 268 g/mol. The first-order valence-corrected chi connectivity index (χ1v) is 6.37. The minimum Gasteiger partial charge on any atom is -0.397 e. The molecule has 0 atom stereocenters. The van der Waals surface area contributed by atoms with Gasteiger partial charge in [0.15, 0.2) is 0 Å². The number of aryl methyl sites for hydroxylation is 1. The van der Waals surface area contributed by atoms with Crippen molar-refractivity contribution in [3.63, 3.8) is 0 Å². The van der Waals surface area contributed by atoms with Gasteiger partial charge in [-0.1, -0.05) is 13.8 Å². The highest BCUT2D eigenvalue weighted by Gasteiger charge is 2.08. The number of nitrogen functional groups attached to an aromatic ring is 1. The van der Waals surface area contributed by atoms with E-state index in [2.05, 4.69) is 29.8 Å². The highest BCUT2D eigenvalue weighted by molar-refractivity contribution is 9.10. The number of hydrogen-bond donors (Lipinski definition) is 1. The Balaban J connectivity index is 2.86. The van der Waals surface area contributed by atoms with Gasteiger partial charge in [-0.3, -0.25) is 4.79 Å². The lowest BCUT2D eigenvalue weighted by molar-refractivity contribution is 0.505. The normalized spacial score (nSPS) is 11.1. The number of pyridine rings is 1. The minimum atomic E-state index is 0.00968. The van der Waals surface area contributed by atoms with E-state index >= 15 is 0 Å². The summed E-state index contributed by atoms with van der Waals surface area (Å²) in [4.78, 5) is 11.9. The van der Waals surface area contributed by atoms with Crippen LogP contribution in [-0.4, -0.2) is 4.57 Å². The maximum atomic E-state index is 11.9. The molecule has 1 aromatic heterocycles. The summed E-state index contributed by atoms with van der Waals surface area (Å²) in [7, 11) is 0. The van der Waals surface area contributed by atoms with Crippen LogP contribution in [0.3, 0.4) is 0 Å². The molecule has 0 unspecified atom stereocenters. The zero-order valence-electron chi connectivity index (χ0n) is 10.1. The summed E-state index contributed by atoms with van der Waals surface area (Å²) in [5.74, 6) is 0.668. The molecule has 4 heteroatoms. The molecule has 1 rings (SSSR count). The Morgan fingerprint density at radius 2 is 2.12 bits per heavy atom. The third-order valence-electron chi connectivity index (χ3n) is 2.69. The molecule has 1 heterocycles. The van der Waals surface area contributed by atoms with Crippen molar-refractivity contribution in [3.8, 4) is 0 Å². The highest BCUT2D eigenvalue weighted by atomic mass is 79.9. The van der Waals surface area contributed by atoms with Crippen molar-refractivity contribution in [2.45, 2.75) is 40.2 Å². The van der Waals surface area contributed by atoms with E-state index < -0.39 is 0 Å². The predicted octanol–water partition coefficient (Wildman–Crippen LogP) is 2.94. The molecule has 0 amide bonds. The van der Waals surface area contributed by atoms with E-state index in [0.717, 1.165) is 24.9 Å². The Bertz CT molecular complexity index is 424. The molecule has 0 spiro atoms. The van der Waals surface area contributed by atoms with Crippen molar-refractivity contribution in [3.05, 3.63) is 26.6 Å². The number of aromatic nitrogens is 1. The van der Waals surface area contributed by atoms with Crippen LogP contribution in [-0.2, 0) is 6.54 Å². The smallest absolute Gasteiger partial charge is 0.265 e. The summed E-state index contributed by atoms with van der Waals surface area (Å²) in [5.41, 5.74) is 7.33. The third kappa shape index (κ3) is 3.11. The molecule has 2 N–H and O–H groups in total. The number of nitrogens with zero attached hydrogens (tertiary/aromatic N) is 1. The summed E-state index contributed by atoms with van der Waals surface area (Å²) in [6.45, 7) is 6.95. The molecular formula is C12H19BrN2O. The van der Waals surface area contributed by atoms with Gasteiger partial charge in [-0.2, -0.15) is 0 Å². The van der Waals surface area contributed by atoms with E-state index in [1.807, 2.05) is 6.92 Å². The molecule has 0 aliphatic heterocycles. The van der Waals surface area contributed by atoms with Crippen LogP contribution in [0.25, 0.3) is 0 Å². The van der Waals surface area contributed by atoms with Crippen molar-refractivity contribution < 1.29 is 0 Å². The zero-order valence-corrected chi connectivity index (χ0v) is 11.7. The Hall–Kier alpha value is -0.770. The lowest BCUT2D eigenvalue weighted by atomic mass is 10.1. The van der Waals surface area contributed by atoms with E-state index in [9.17, 15) is 4.79 Å². The molecule has 0 bridgehead atoms. The molecule has 0 fully saturated rings. The quantitative estimate of drug-likeness (QED) is 0.925. The fraction of sp³-hybridized carbons (Fsp3) is 0.583. The van der Waals surface area contributed by atoms with Crippen LogP contribution in [0, 0.1) is 12.8 Å². The van der Waals surface area contributed by atoms with Crippen molar-refractivity contribution in [1.29, 1.82) is 0 Å². The van der Waals surface area contributed by atoms with Crippen LogP contribution >= 0.6 is 15.9 Å². The van der Waals surface area contributed by atoms with Crippen LogP contribution in [0.5, 0.6) is 0 Å². The van der Waals surface area contributed by atoms with Gasteiger partial charge in [0.2, 0.25) is 0 Å². The van der Waals surface area contributed by atoms with E-state index in [-0.39, 0.29) is 5.56 Å². The van der Waals surface area contributed by atoms with Gasteiger partial charge >= 0.3 is 0 Å². The van der Waals surface area contributed by atoms with Gasteiger partial charge in [0, 0.05) is 12.7 Å². The summed E-state index contributed by atoms with van der Waals surface area (Å²) in [5, 5.41) is 0. The van der Waals surface area contributed by atoms with Crippen LogP contribution < -0.4 is 11.3 Å². The monoisotopic (exact) mass is 286 g/mol. The van der Waals surface area contributed by atoms with Gasteiger partial charge in [0.05, 0.1) is 10.2 Å². The van der Waals surface area contributed by atoms with E-state index in [1.54, 1.807) is 10.8 Å². The predicted molar refractivity (Wildman–Crippen MR) is 71.6 cm³/mol. The first-order chi connectivity index (χ1) is 7.43. The van der Waals surface area contributed by atoms with Gasteiger partial charge in [-0.15, -0.1) is 0 Å². The van der Waals surface area contributed by atoms with Crippen molar-refractivity contribution in [2.75, 3.05) is 5.73 Å². The molecule has 0 saturated carbocycles.